The molecule has 0 aromatic heterocycles. The molecule has 2 fully saturated rings. The Morgan fingerprint density at radius 1 is 1.00 bits per heavy atom. The van der Waals surface area contributed by atoms with Gasteiger partial charge in [0.25, 0.3) is 8.32 Å². The van der Waals surface area contributed by atoms with E-state index in [1.165, 1.54) is 10.4 Å². The first-order valence-electron chi connectivity index (χ1n) is 12.0. The highest BCUT2D eigenvalue weighted by atomic mass is 28.4. The molecule has 0 aliphatic carbocycles. The molecule has 2 aliphatic heterocycles. The van der Waals surface area contributed by atoms with E-state index >= 15 is 0 Å². The third-order valence-electron chi connectivity index (χ3n) is 7.08. The number of carbonyl (C=O) groups excluding carboxylic acids is 2. The van der Waals surface area contributed by atoms with Gasteiger partial charge >= 0.3 is 5.97 Å². The molecule has 0 radical (unpaired) electrons. The summed E-state index contributed by atoms with van der Waals surface area (Å²) in [7, 11) is -2.56. The minimum atomic E-state index is -2.56. The highest BCUT2D eigenvalue weighted by molar-refractivity contribution is 6.99. The average Bonchev–Trinajstić information content (AvgIpc) is 3.39. The van der Waals surface area contributed by atoms with E-state index in [0.29, 0.717) is 19.4 Å². The lowest BCUT2D eigenvalue weighted by Gasteiger charge is -2.43. The summed E-state index contributed by atoms with van der Waals surface area (Å²) in [6, 6.07) is 21.3. The predicted octanol–water partition coefficient (Wildman–Crippen LogP) is 3.55. The smallest absolute Gasteiger partial charge is 0.306 e. The van der Waals surface area contributed by atoms with Crippen LogP contribution in [0.2, 0.25) is 5.04 Å². The maximum Gasteiger partial charge on any atom is 0.306 e. The van der Waals surface area contributed by atoms with Crippen LogP contribution in [-0.4, -0.2) is 38.9 Å². The van der Waals surface area contributed by atoms with Crippen LogP contribution in [0.5, 0.6) is 0 Å². The Labute approximate surface area is 198 Å². The van der Waals surface area contributed by atoms with E-state index in [0.717, 1.165) is 19.3 Å². The van der Waals surface area contributed by atoms with Gasteiger partial charge in [-0.3, -0.25) is 9.59 Å². The van der Waals surface area contributed by atoms with E-state index in [1.807, 2.05) is 12.1 Å². The molecule has 2 saturated heterocycles. The van der Waals surface area contributed by atoms with Crippen molar-refractivity contribution in [3.8, 4) is 0 Å². The minimum Gasteiger partial charge on any atom is -0.462 e. The summed E-state index contributed by atoms with van der Waals surface area (Å²) in [5.74, 6) is -0.0102. The number of nitrogens with one attached hydrogen (secondary N) is 1. The maximum atomic E-state index is 12.0. The van der Waals surface area contributed by atoms with Crippen molar-refractivity contribution in [3.63, 3.8) is 0 Å². The van der Waals surface area contributed by atoms with Gasteiger partial charge in [0.15, 0.2) is 0 Å². The summed E-state index contributed by atoms with van der Waals surface area (Å²) < 4.78 is 12.6. The van der Waals surface area contributed by atoms with Crippen LogP contribution < -0.4 is 15.7 Å². The molecular weight excluding hydrogens is 430 g/mol. The van der Waals surface area contributed by atoms with Gasteiger partial charge < -0.3 is 14.5 Å². The lowest BCUT2D eigenvalue weighted by atomic mass is 9.89. The first kappa shape index (κ1) is 23.7. The van der Waals surface area contributed by atoms with Gasteiger partial charge in [-0.15, -0.1) is 0 Å². The molecule has 0 bridgehead atoms. The third kappa shape index (κ3) is 4.92. The first-order valence-corrected chi connectivity index (χ1v) is 14.0. The number of amides is 1. The molecule has 4 rings (SSSR count). The molecular formula is C27H35NO4Si. The lowest BCUT2D eigenvalue weighted by Crippen LogP contribution is -2.66. The van der Waals surface area contributed by atoms with E-state index in [4.69, 9.17) is 9.16 Å². The second-order valence-corrected chi connectivity index (χ2v) is 14.6. The fourth-order valence-corrected chi connectivity index (χ4v) is 10.1. The summed E-state index contributed by atoms with van der Waals surface area (Å²) in [5.41, 5.74) is 0. The molecule has 2 heterocycles. The standard InChI is InChI=1S/C27H35NO4Si/c1-27(2,3)33(20-11-6-4-7-12-20,21-13-8-5-9-14-21)31-18-10-15-24-22(19-26(30)32-24)23-16-17-25(29)28-23/h4-9,11-14,22-24H,10,15-19H2,1-3H3,(H,28,29)/t22-,23?,24-/m1/s1. The molecule has 0 spiro atoms. The molecule has 1 unspecified atom stereocenters. The van der Waals surface area contributed by atoms with Gasteiger partial charge in [-0.2, -0.15) is 0 Å². The quantitative estimate of drug-likeness (QED) is 0.368. The number of carbonyl (C=O) groups is 2. The van der Waals surface area contributed by atoms with Gasteiger partial charge in [-0.05, 0) is 34.7 Å². The van der Waals surface area contributed by atoms with Crippen LogP contribution in [0.3, 0.4) is 0 Å². The molecule has 3 atom stereocenters. The van der Waals surface area contributed by atoms with Crippen LogP contribution in [0.1, 0.15) is 52.9 Å². The van der Waals surface area contributed by atoms with Gasteiger partial charge in [0.1, 0.15) is 6.10 Å². The Balaban J connectivity index is 1.50. The van der Waals surface area contributed by atoms with Gasteiger partial charge in [0.2, 0.25) is 5.91 Å². The van der Waals surface area contributed by atoms with Gasteiger partial charge in [-0.1, -0.05) is 81.4 Å². The lowest BCUT2D eigenvalue weighted by molar-refractivity contribution is -0.141. The number of esters is 1. The number of hydrogen-bond acceptors (Lipinski definition) is 4. The highest BCUT2D eigenvalue weighted by Crippen LogP contribution is 2.37. The molecule has 176 valence electrons. The topological polar surface area (TPSA) is 64.6 Å². The van der Waals surface area contributed by atoms with Crippen molar-refractivity contribution in [2.24, 2.45) is 5.92 Å². The van der Waals surface area contributed by atoms with Crippen LogP contribution >= 0.6 is 0 Å². The molecule has 6 heteroatoms. The minimum absolute atomic E-state index is 0.0477. The maximum absolute atomic E-state index is 12.0. The number of benzene rings is 2. The van der Waals surface area contributed by atoms with E-state index in [1.54, 1.807) is 0 Å². The van der Waals surface area contributed by atoms with Crippen LogP contribution in [0.15, 0.2) is 60.7 Å². The van der Waals surface area contributed by atoms with Crippen LogP contribution in [0, 0.1) is 5.92 Å². The third-order valence-corrected chi connectivity index (χ3v) is 12.1. The molecule has 2 aromatic carbocycles. The Kier molecular flexibility index (Phi) is 7.05. The summed E-state index contributed by atoms with van der Waals surface area (Å²) in [6.07, 6.45) is 3.13. The zero-order valence-electron chi connectivity index (χ0n) is 19.9. The molecule has 33 heavy (non-hydrogen) atoms. The second kappa shape index (κ2) is 9.81. The largest absolute Gasteiger partial charge is 0.462 e. The molecule has 5 nitrogen and oxygen atoms in total. The van der Waals surface area contributed by atoms with Crippen molar-refractivity contribution in [2.75, 3.05) is 6.61 Å². The number of hydrogen-bond donors (Lipinski definition) is 1. The van der Waals surface area contributed by atoms with Crippen molar-refractivity contribution in [2.45, 2.75) is 70.1 Å². The molecule has 2 aromatic rings. The fourth-order valence-electron chi connectivity index (χ4n) is 5.53. The van der Waals surface area contributed by atoms with Gasteiger partial charge in [0, 0.05) is 25.0 Å². The molecule has 1 N–H and O–H groups in total. The Morgan fingerprint density at radius 2 is 1.61 bits per heavy atom. The number of ether oxygens (including phenoxy) is 1. The van der Waals surface area contributed by atoms with E-state index < -0.39 is 8.32 Å². The van der Waals surface area contributed by atoms with Crippen molar-refractivity contribution in [3.05, 3.63) is 60.7 Å². The zero-order chi connectivity index (χ0) is 23.5. The number of rotatable bonds is 8. The van der Waals surface area contributed by atoms with Gasteiger partial charge in [0.05, 0.1) is 6.42 Å². The van der Waals surface area contributed by atoms with Crippen molar-refractivity contribution < 1.29 is 18.8 Å². The van der Waals surface area contributed by atoms with Crippen LogP contribution in [0.4, 0.5) is 0 Å². The van der Waals surface area contributed by atoms with Gasteiger partial charge in [-0.25, -0.2) is 0 Å². The summed E-state index contributed by atoms with van der Waals surface area (Å²) >= 11 is 0. The summed E-state index contributed by atoms with van der Waals surface area (Å²) in [6.45, 7) is 7.43. The van der Waals surface area contributed by atoms with Crippen molar-refractivity contribution in [1.29, 1.82) is 0 Å². The second-order valence-electron chi connectivity index (χ2n) is 10.3. The SMILES string of the molecule is CC(C)(C)[Si](OCCC[C@H]1OC(=O)C[C@@H]1C1CCC(=O)N1)(c1ccccc1)c1ccccc1. The Bertz CT molecular complexity index is 918. The number of cyclic esters (lactones) is 1. The molecule has 1 amide bonds. The molecule has 0 saturated carbocycles. The Hall–Kier alpha value is -2.44. The van der Waals surface area contributed by atoms with Crippen LogP contribution in [0.25, 0.3) is 0 Å². The normalized spacial score (nSPS) is 23.4. The van der Waals surface area contributed by atoms with E-state index in [-0.39, 0.29) is 35.0 Å². The van der Waals surface area contributed by atoms with Crippen molar-refractivity contribution in [1.82, 2.24) is 5.32 Å². The summed E-state index contributed by atoms with van der Waals surface area (Å²) in [4.78, 5) is 23.7. The molecule has 2 aliphatic rings. The first-order chi connectivity index (χ1) is 15.8. The van der Waals surface area contributed by atoms with Crippen LogP contribution in [-0.2, 0) is 18.8 Å². The fraction of sp³-hybridized carbons (Fsp3) is 0.481. The van der Waals surface area contributed by atoms with E-state index in [2.05, 4.69) is 74.6 Å². The Morgan fingerprint density at radius 3 is 2.12 bits per heavy atom. The highest BCUT2D eigenvalue weighted by Gasteiger charge is 2.50. The van der Waals surface area contributed by atoms with Crippen molar-refractivity contribution >= 4 is 30.6 Å². The van der Waals surface area contributed by atoms with E-state index in [9.17, 15) is 9.59 Å². The average molecular weight is 466 g/mol. The monoisotopic (exact) mass is 465 g/mol. The predicted molar refractivity (Wildman–Crippen MR) is 132 cm³/mol. The zero-order valence-corrected chi connectivity index (χ0v) is 20.9. The summed E-state index contributed by atoms with van der Waals surface area (Å²) in [5, 5.41) is 5.50.